The number of halogens is 2. The highest BCUT2D eigenvalue weighted by Crippen LogP contribution is 2.35. The predicted molar refractivity (Wildman–Crippen MR) is 79.4 cm³/mol. The first-order valence-corrected chi connectivity index (χ1v) is 6.48. The van der Waals surface area contributed by atoms with Crippen LogP contribution in [-0.4, -0.2) is 5.91 Å². The second kappa shape index (κ2) is 4.72. The number of hydrogen-bond acceptors (Lipinski definition) is 1. The number of anilines is 1. The van der Waals surface area contributed by atoms with E-state index in [-0.39, 0.29) is 5.91 Å². The second-order valence-corrected chi connectivity index (χ2v) is 5.07. The smallest absolute Gasteiger partial charge is 0.256 e. The summed E-state index contributed by atoms with van der Waals surface area (Å²) in [5.74, 6) is -0.141. The average molecular weight is 290 g/mol. The van der Waals surface area contributed by atoms with E-state index in [1.807, 2.05) is 24.3 Å². The number of nitrogens with one attached hydrogen (secondary N) is 1. The van der Waals surface area contributed by atoms with Crippen molar-refractivity contribution in [3.8, 4) is 0 Å². The molecule has 19 heavy (non-hydrogen) atoms. The van der Waals surface area contributed by atoms with E-state index in [2.05, 4.69) is 5.32 Å². The molecule has 1 amide bonds. The number of fused-ring (bicyclic) bond motifs is 1. The normalized spacial score (nSPS) is 15.5. The van der Waals surface area contributed by atoms with Crippen molar-refractivity contribution >= 4 is 46.4 Å². The molecule has 0 bridgehead atoms. The van der Waals surface area contributed by atoms with Crippen molar-refractivity contribution in [2.24, 2.45) is 0 Å². The molecular weight excluding hydrogens is 281 g/mol. The lowest BCUT2D eigenvalue weighted by atomic mass is 10.0. The maximum Gasteiger partial charge on any atom is 0.256 e. The number of carbonyl (C=O) groups is 1. The lowest BCUT2D eigenvalue weighted by molar-refractivity contribution is -0.110. The quantitative estimate of drug-likeness (QED) is 0.770. The Hall–Kier alpha value is -1.77. The third kappa shape index (κ3) is 2.25. The van der Waals surface area contributed by atoms with Crippen LogP contribution in [0.4, 0.5) is 5.69 Å². The number of amides is 1. The highest BCUT2D eigenvalue weighted by molar-refractivity contribution is 6.38. The minimum atomic E-state index is -0.141. The molecule has 4 heteroatoms. The predicted octanol–water partition coefficient (Wildman–Crippen LogP) is 4.49. The molecule has 0 saturated heterocycles. The summed E-state index contributed by atoms with van der Waals surface area (Å²) in [6.07, 6.45) is 1.79. The van der Waals surface area contributed by atoms with Crippen molar-refractivity contribution in [2.75, 3.05) is 5.32 Å². The minimum absolute atomic E-state index is 0.141. The summed E-state index contributed by atoms with van der Waals surface area (Å²) in [7, 11) is 0. The van der Waals surface area contributed by atoms with Crippen molar-refractivity contribution in [3.05, 3.63) is 63.6 Å². The molecule has 2 aromatic carbocycles. The molecule has 1 aliphatic rings. The molecule has 0 aromatic heterocycles. The average Bonchev–Trinajstić information content (AvgIpc) is 2.68. The molecule has 0 spiro atoms. The molecule has 0 atom stereocenters. The van der Waals surface area contributed by atoms with Crippen LogP contribution in [0.15, 0.2) is 42.5 Å². The first kappa shape index (κ1) is 12.3. The lowest BCUT2D eigenvalue weighted by Gasteiger charge is -2.00. The van der Waals surface area contributed by atoms with Crippen molar-refractivity contribution < 1.29 is 4.79 Å². The van der Waals surface area contributed by atoms with Crippen LogP contribution < -0.4 is 5.32 Å². The fourth-order valence-electron chi connectivity index (χ4n) is 2.06. The molecular formula is C15H9Cl2NO. The van der Waals surface area contributed by atoms with Gasteiger partial charge in [0.1, 0.15) is 0 Å². The third-order valence-electron chi connectivity index (χ3n) is 2.97. The number of benzene rings is 2. The molecule has 0 unspecified atom stereocenters. The van der Waals surface area contributed by atoms with E-state index < -0.39 is 0 Å². The van der Waals surface area contributed by atoms with Gasteiger partial charge in [-0.1, -0.05) is 47.5 Å². The van der Waals surface area contributed by atoms with E-state index in [0.717, 1.165) is 16.8 Å². The van der Waals surface area contributed by atoms with Gasteiger partial charge in [-0.2, -0.15) is 0 Å². The number of rotatable bonds is 1. The molecule has 0 fully saturated rings. The van der Waals surface area contributed by atoms with Crippen LogP contribution in [0.5, 0.6) is 0 Å². The van der Waals surface area contributed by atoms with Crippen molar-refractivity contribution in [2.45, 2.75) is 0 Å². The van der Waals surface area contributed by atoms with Gasteiger partial charge in [-0.3, -0.25) is 4.79 Å². The Morgan fingerprint density at radius 1 is 1.05 bits per heavy atom. The summed E-state index contributed by atoms with van der Waals surface area (Å²) < 4.78 is 0. The molecule has 0 saturated carbocycles. The van der Waals surface area contributed by atoms with E-state index in [4.69, 9.17) is 23.2 Å². The van der Waals surface area contributed by atoms with Gasteiger partial charge in [0.05, 0.1) is 5.69 Å². The number of carbonyl (C=O) groups excluding carboxylic acids is 1. The van der Waals surface area contributed by atoms with Gasteiger partial charge in [-0.05, 0) is 29.8 Å². The molecule has 1 aliphatic heterocycles. The summed E-state index contributed by atoms with van der Waals surface area (Å²) >= 11 is 12.0. The molecule has 3 rings (SSSR count). The SMILES string of the molecule is O=C1Nc2cc(Cl)ccc2C1=Cc1ccccc1Cl. The molecule has 0 aliphatic carbocycles. The Balaban J connectivity index is 2.12. The summed E-state index contributed by atoms with van der Waals surface area (Å²) in [6.45, 7) is 0. The maximum atomic E-state index is 12.0. The Kier molecular flexibility index (Phi) is 3.05. The van der Waals surface area contributed by atoms with E-state index in [0.29, 0.717) is 15.6 Å². The lowest BCUT2D eigenvalue weighted by Crippen LogP contribution is -2.03. The Morgan fingerprint density at radius 3 is 2.63 bits per heavy atom. The molecule has 94 valence electrons. The minimum Gasteiger partial charge on any atom is -0.321 e. The van der Waals surface area contributed by atoms with Crippen molar-refractivity contribution in [1.29, 1.82) is 0 Å². The van der Waals surface area contributed by atoms with Crippen LogP contribution in [-0.2, 0) is 4.79 Å². The molecule has 1 N–H and O–H groups in total. The monoisotopic (exact) mass is 289 g/mol. The third-order valence-corrected chi connectivity index (χ3v) is 3.55. The zero-order valence-corrected chi connectivity index (χ0v) is 11.3. The topological polar surface area (TPSA) is 29.1 Å². The van der Waals surface area contributed by atoms with Crippen molar-refractivity contribution in [1.82, 2.24) is 0 Å². The van der Waals surface area contributed by atoms with Gasteiger partial charge < -0.3 is 5.32 Å². The maximum absolute atomic E-state index is 12.0. The summed E-state index contributed by atoms with van der Waals surface area (Å²) in [6, 6.07) is 12.7. The zero-order valence-electron chi connectivity index (χ0n) is 9.78. The zero-order chi connectivity index (χ0) is 13.4. The Morgan fingerprint density at radius 2 is 1.84 bits per heavy atom. The summed E-state index contributed by atoms with van der Waals surface area (Å²) in [5, 5.41) is 4.00. The Bertz CT molecular complexity index is 707. The standard InChI is InChI=1S/C15H9Cl2NO/c16-10-5-6-11-12(15(19)18-14(11)8-10)7-9-3-1-2-4-13(9)17/h1-8H,(H,18,19). The molecule has 2 nitrogen and oxygen atoms in total. The molecule has 1 heterocycles. The van der Waals surface area contributed by atoms with E-state index in [1.54, 1.807) is 24.3 Å². The van der Waals surface area contributed by atoms with Gasteiger partial charge in [-0.15, -0.1) is 0 Å². The van der Waals surface area contributed by atoms with Crippen LogP contribution in [0, 0.1) is 0 Å². The van der Waals surface area contributed by atoms with Gasteiger partial charge in [-0.25, -0.2) is 0 Å². The largest absolute Gasteiger partial charge is 0.321 e. The van der Waals surface area contributed by atoms with E-state index >= 15 is 0 Å². The summed E-state index contributed by atoms with van der Waals surface area (Å²) in [5.41, 5.74) is 2.99. The van der Waals surface area contributed by atoms with Gasteiger partial charge in [0.25, 0.3) is 5.91 Å². The first-order chi connectivity index (χ1) is 9.15. The van der Waals surface area contributed by atoms with Crippen LogP contribution >= 0.6 is 23.2 Å². The van der Waals surface area contributed by atoms with Crippen molar-refractivity contribution in [3.63, 3.8) is 0 Å². The van der Waals surface area contributed by atoms with E-state index in [1.165, 1.54) is 0 Å². The van der Waals surface area contributed by atoms with Crippen LogP contribution in [0.2, 0.25) is 10.0 Å². The highest BCUT2D eigenvalue weighted by atomic mass is 35.5. The van der Waals surface area contributed by atoms with Gasteiger partial charge in [0, 0.05) is 21.2 Å². The fourth-order valence-corrected chi connectivity index (χ4v) is 2.42. The number of hydrogen-bond donors (Lipinski definition) is 1. The second-order valence-electron chi connectivity index (χ2n) is 4.22. The van der Waals surface area contributed by atoms with E-state index in [9.17, 15) is 4.79 Å². The summed E-state index contributed by atoms with van der Waals surface area (Å²) in [4.78, 5) is 12.0. The molecule has 0 radical (unpaired) electrons. The molecule has 2 aromatic rings. The van der Waals surface area contributed by atoms with Crippen LogP contribution in [0.3, 0.4) is 0 Å². The first-order valence-electron chi connectivity index (χ1n) is 5.72. The van der Waals surface area contributed by atoms with Gasteiger partial charge in [0.15, 0.2) is 0 Å². The highest BCUT2D eigenvalue weighted by Gasteiger charge is 2.24. The van der Waals surface area contributed by atoms with Crippen LogP contribution in [0.1, 0.15) is 11.1 Å². The van der Waals surface area contributed by atoms with Gasteiger partial charge in [0.2, 0.25) is 0 Å². The van der Waals surface area contributed by atoms with Gasteiger partial charge >= 0.3 is 0 Å². The Labute approximate surface area is 120 Å². The van der Waals surface area contributed by atoms with Crippen LogP contribution in [0.25, 0.3) is 11.6 Å². The fraction of sp³-hybridized carbons (Fsp3) is 0.